The molecule has 0 saturated heterocycles. The molecule has 1 unspecified atom stereocenters. The van der Waals surface area contributed by atoms with Crippen LogP contribution in [0.4, 0.5) is 0 Å². The van der Waals surface area contributed by atoms with Gasteiger partial charge in [-0.1, -0.05) is 20.8 Å². The van der Waals surface area contributed by atoms with E-state index in [0.717, 1.165) is 12.2 Å². The van der Waals surface area contributed by atoms with Gasteiger partial charge in [0.1, 0.15) is 0 Å². The Hall–Kier alpha value is -1.20. The monoisotopic (exact) mass is 264 g/mol. The number of nitrogens with one attached hydrogen (secondary N) is 2. The van der Waals surface area contributed by atoms with Gasteiger partial charge in [-0.25, -0.2) is 4.98 Å². The molecule has 0 aliphatic rings. The molecule has 0 spiro atoms. The molecule has 98 valence electrons. The van der Waals surface area contributed by atoms with Crippen molar-refractivity contribution in [3.63, 3.8) is 0 Å². The first kappa shape index (κ1) is 13.2. The van der Waals surface area contributed by atoms with Gasteiger partial charge in [0.15, 0.2) is 0 Å². The van der Waals surface area contributed by atoms with Gasteiger partial charge in [-0.2, -0.15) is 5.10 Å². The van der Waals surface area contributed by atoms with Crippen molar-refractivity contribution >= 4 is 11.3 Å². The summed E-state index contributed by atoms with van der Waals surface area (Å²) >= 11 is 1.74. The van der Waals surface area contributed by atoms with E-state index >= 15 is 0 Å². The molecular formula is C13H20N4S. The predicted octanol–water partition coefficient (Wildman–Crippen LogP) is 3.01. The Labute approximate surface area is 112 Å². The van der Waals surface area contributed by atoms with Crippen LogP contribution < -0.4 is 5.32 Å². The fraction of sp³-hybridized carbons (Fsp3) is 0.538. The minimum absolute atomic E-state index is 0.138. The molecule has 18 heavy (non-hydrogen) atoms. The van der Waals surface area contributed by atoms with E-state index in [1.807, 2.05) is 12.4 Å². The topological polar surface area (TPSA) is 53.6 Å². The van der Waals surface area contributed by atoms with Gasteiger partial charge in [-0.15, -0.1) is 11.3 Å². The van der Waals surface area contributed by atoms with Crippen LogP contribution in [0.25, 0.3) is 0 Å². The van der Waals surface area contributed by atoms with E-state index in [0.29, 0.717) is 0 Å². The summed E-state index contributed by atoms with van der Waals surface area (Å²) in [6.45, 7) is 9.49. The van der Waals surface area contributed by atoms with Crippen LogP contribution in [0.1, 0.15) is 50.0 Å². The van der Waals surface area contributed by atoms with Crippen LogP contribution in [0.5, 0.6) is 0 Å². The number of H-pyrrole nitrogens is 1. The molecule has 4 nitrogen and oxygen atoms in total. The normalized spacial score (nSPS) is 13.8. The van der Waals surface area contributed by atoms with Crippen molar-refractivity contribution in [1.82, 2.24) is 20.5 Å². The maximum Gasteiger partial charge on any atom is 0.0982 e. The van der Waals surface area contributed by atoms with Crippen molar-refractivity contribution in [2.45, 2.75) is 45.7 Å². The fourth-order valence-electron chi connectivity index (χ4n) is 1.61. The van der Waals surface area contributed by atoms with Crippen LogP contribution in [0.2, 0.25) is 0 Å². The molecule has 2 aromatic heterocycles. The molecule has 0 bridgehead atoms. The second kappa shape index (κ2) is 5.20. The molecule has 0 saturated carbocycles. The number of hydrogen-bond acceptors (Lipinski definition) is 4. The SMILES string of the molecule is CC(NCc1csc(C(C)(C)C)n1)c1cn[nH]c1. The van der Waals surface area contributed by atoms with E-state index < -0.39 is 0 Å². The number of hydrogen-bond donors (Lipinski definition) is 2. The van der Waals surface area contributed by atoms with E-state index in [1.54, 1.807) is 11.3 Å². The molecule has 0 aliphatic heterocycles. The largest absolute Gasteiger partial charge is 0.304 e. The summed E-state index contributed by atoms with van der Waals surface area (Å²) in [4.78, 5) is 4.67. The third kappa shape index (κ3) is 3.17. The lowest BCUT2D eigenvalue weighted by molar-refractivity contribution is 0.556. The van der Waals surface area contributed by atoms with Gasteiger partial charge in [-0.05, 0) is 6.92 Å². The van der Waals surface area contributed by atoms with Crippen LogP contribution in [-0.2, 0) is 12.0 Å². The molecule has 2 aromatic rings. The first-order chi connectivity index (χ1) is 8.47. The Kier molecular flexibility index (Phi) is 3.82. The Balaban J connectivity index is 1.93. The van der Waals surface area contributed by atoms with E-state index in [2.05, 4.69) is 53.6 Å². The average molecular weight is 264 g/mol. The van der Waals surface area contributed by atoms with E-state index in [1.165, 1.54) is 10.6 Å². The lowest BCUT2D eigenvalue weighted by Crippen LogP contribution is -2.18. The molecule has 0 fully saturated rings. The maximum atomic E-state index is 4.67. The van der Waals surface area contributed by atoms with Crippen LogP contribution in [-0.4, -0.2) is 15.2 Å². The van der Waals surface area contributed by atoms with Crippen molar-refractivity contribution in [2.75, 3.05) is 0 Å². The number of aromatic amines is 1. The highest BCUT2D eigenvalue weighted by Crippen LogP contribution is 2.25. The summed E-state index contributed by atoms with van der Waals surface area (Å²) in [5, 5.41) is 13.6. The standard InChI is InChI=1S/C13H20N4S/c1-9(10-5-15-16-6-10)14-7-11-8-18-12(17-11)13(2,3)4/h5-6,8-9,14H,7H2,1-4H3,(H,15,16). The van der Waals surface area contributed by atoms with Crippen LogP contribution in [0.15, 0.2) is 17.8 Å². The zero-order chi connectivity index (χ0) is 13.2. The summed E-state index contributed by atoms with van der Waals surface area (Å²) in [7, 11) is 0. The van der Waals surface area contributed by atoms with E-state index in [-0.39, 0.29) is 11.5 Å². The maximum absolute atomic E-state index is 4.67. The van der Waals surface area contributed by atoms with Gasteiger partial charge >= 0.3 is 0 Å². The average Bonchev–Trinajstić information content (AvgIpc) is 2.96. The molecule has 2 N–H and O–H groups in total. The smallest absolute Gasteiger partial charge is 0.0982 e. The minimum atomic E-state index is 0.138. The number of thiazole rings is 1. The summed E-state index contributed by atoms with van der Waals surface area (Å²) in [6, 6.07) is 0.281. The van der Waals surface area contributed by atoms with Crippen LogP contribution >= 0.6 is 11.3 Å². The molecule has 0 radical (unpaired) electrons. The molecule has 5 heteroatoms. The molecule has 2 rings (SSSR count). The third-order valence-corrected chi connectivity index (χ3v) is 4.12. The van der Waals surface area contributed by atoms with Gasteiger partial charge in [0.25, 0.3) is 0 Å². The second-order valence-electron chi connectivity index (χ2n) is 5.53. The molecule has 0 amide bonds. The Bertz CT molecular complexity index is 481. The number of rotatable bonds is 4. The van der Waals surface area contributed by atoms with Gasteiger partial charge in [-0.3, -0.25) is 5.10 Å². The van der Waals surface area contributed by atoms with Crippen LogP contribution in [0, 0.1) is 0 Å². The quantitative estimate of drug-likeness (QED) is 0.892. The van der Waals surface area contributed by atoms with E-state index in [9.17, 15) is 0 Å². The molecule has 0 aliphatic carbocycles. The Morgan fingerprint density at radius 2 is 2.22 bits per heavy atom. The lowest BCUT2D eigenvalue weighted by atomic mass is 9.98. The van der Waals surface area contributed by atoms with Crippen LogP contribution in [0.3, 0.4) is 0 Å². The third-order valence-electron chi connectivity index (χ3n) is 2.80. The zero-order valence-electron chi connectivity index (χ0n) is 11.3. The van der Waals surface area contributed by atoms with Crippen molar-refractivity contribution in [1.29, 1.82) is 0 Å². The first-order valence-electron chi connectivity index (χ1n) is 6.14. The summed E-state index contributed by atoms with van der Waals surface area (Å²) in [5.41, 5.74) is 2.42. The second-order valence-corrected chi connectivity index (χ2v) is 6.39. The van der Waals surface area contributed by atoms with Gasteiger partial charge in [0.2, 0.25) is 0 Å². The molecule has 1 atom stereocenters. The Morgan fingerprint density at radius 3 is 2.78 bits per heavy atom. The summed E-state index contributed by atoms with van der Waals surface area (Å²) in [6.07, 6.45) is 3.76. The van der Waals surface area contributed by atoms with Gasteiger partial charge in [0, 0.05) is 35.1 Å². The van der Waals surface area contributed by atoms with Crippen molar-refractivity contribution in [3.05, 3.63) is 34.0 Å². The molecular weight excluding hydrogens is 244 g/mol. The summed E-state index contributed by atoms with van der Waals surface area (Å²) in [5.74, 6) is 0. The Morgan fingerprint density at radius 1 is 1.44 bits per heavy atom. The van der Waals surface area contributed by atoms with Crippen molar-refractivity contribution in [2.24, 2.45) is 0 Å². The van der Waals surface area contributed by atoms with Gasteiger partial charge < -0.3 is 5.32 Å². The fourth-order valence-corrected chi connectivity index (χ4v) is 2.51. The lowest BCUT2D eigenvalue weighted by Gasteiger charge is -2.14. The zero-order valence-corrected chi connectivity index (χ0v) is 12.1. The highest BCUT2D eigenvalue weighted by molar-refractivity contribution is 7.09. The highest BCUT2D eigenvalue weighted by atomic mass is 32.1. The van der Waals surface area contributed by atoms with Crippen molar-refractivity contribution < 1.29 is 0 Å². The minimum Gasteiger partial charge on any atom is -0.304 e. The van der Waals surface area contributed by atoms with Gasteiger partial charge in [0.05, 0.1) is 16.9 Å². The first-order valence-corrected chi connectivity index (χ1v) is 7.02. The highest BCUT2D eigenvalue weighted by Gasteiger charge is 2.18. The molecule has 0 aromatic carbocycles. The van der Waals surface area contributed by atoms with E-state index in [4.69, 9.17) is 0 Å². The van der Waals surface area contributed by atoms with Crippen molar-refractivity contribution in [3.8, 4) is 0 Å². The number of nitrogens with zero attached hydrogens (tertiary/aromatic N) is 2. The summed E-state index contributed by atoms with van der Waals surface area (Å²) < 4.78 is 0. The predicted molar refractivity (Wildman–Crippen MR) is 74.7 cm³/mol. The molecule has 2 heterocycles. The number of aromatic nitrogens is 3.